The second kappa shape index (κ2) is 6.70. The topological polar surface area (TPSA) is 74.8 Å². The molecule has 3 rings (SSSR count). The number of aromatic nitrogens is 4. The maximum atomic E-state index is 12.5. The highest BCUT2D eigenvalue weighted by Crippen LogP contribution is 2.22. The van der Waals surface area contributed by atoms with Gasteiger partial charge in [0.15, 0.2) is 10.8 Å². The van der Waals surface area contributed by atoms with E-state index in [0.29, 0.717) is 5.82 Å². The molecule has 1 aromatic carbocycles. The molecular formula is C16H17N5OS. The summed E-state index contributed by atoms with van der Waals surface area (Å²) >= 11 is 1.45. The van der Waals surface area contributed by atoms with Gasteiger partial charge in [0.2, 0.25) is 5.91 Å². The van der Waals surface area contributed by atoms with Crippen LogP contribution in [0.1, 0.15) is 24.2 Å². The predicted octanol–water partition coefficient (Wildman–Crippen LogP) is 2.69. The highest BCUT2D eigenvalue weighted by atomic mass is 32.1. The highest BCUT2D eigenvalue weighted by Gasteiger charge is 2.19. The molecule has 1 N–H and O–H groups in total. The van der Waals surface area contributed by atoms with Crippen LogP contribution in [0.2, 0.25) is 0 Å². The van der Waals surface area contributed by atoms with Gasteiger partial charge in [-0.2, -0.15) is 5.10 Å². The molecule has 2 heterocycles. The van der Waals surface area contributed by atoms with Gasteiger partial charge in [0.1, 0.15) is 6.33 Å². The van der Waals surface area contributed by atoms with E-state index in [2.05, 4.69) is 20.2 Å². The summed E-state index contributed by atoms with van der Waals surface area (Å²) < 4.78 is 0. The number of benzene rings is 1. The van der Waals surface area contributed by atoms with Crippen LogP contribution in [0.25, 0.3) is 10.8 Å². The molecule has 7 heteroatoms. The van der Waals surface area contributed by atoms with Gasteiger partial charge < -0.3 is 4.90 Å². The number of carbonyl (C=O) groups is 1. The van der Waals surface area contributed by atoms with Crippen molar-refractivity contribution >= 4 is 17.2 Å². The molecule has 3 aromatic rings. The first-order chi connectivity index (χ1) is 11.1. The minimum Gasteiger partial charge on any atom is -0.339 e. The smallest absolute Gasteiger partial charge is 0.228 e. The van der Waals surface area contributed by atoms with E-state index in [1.54, 1.807) is 4.90 Å². The van der Waals surface area contributed by atoms with Crippen LogP contribution in [0.15, 0.2) is 42.0 Å². The first-order valence-corrected chi connectivity index (χ1v) is 8.14. The minimum absolute atomic E-state index is 0.0241. The maximum absolute atomic E-state index is 12.5. The zero-order chi connectivity index (χ0) is 16.2. The fourth-order valence-corrected chi connectivity index (χ4v) is 3.02. The summed E-state index contributed by atoms with van der Waals surface area (Å²) in [5.41, 5.74) is 1.86. The lowest BCUT2D eigenvalue weighted by Gasteiger charge is -2.25. The second-order valence-electron chi connectivity index (χ2n) is 5.25. The third kappa shape index (κ3) is 3.45. The fourth-order valence-electron chi connectivity index (χ4n) is 2.26. The third-order valence-electron chi connectivity index (χ3n) is 3.76. The zero-order valence-electron chi connectivity index (χ0n) is 12.9. The van der Waals surface area contributed by atoms with Gasteiger partial charge in [0, 0.05) is 12.4 Å². The molecule has 0 spiro atoms. The van der Waals surface area contributed by atoms with Gasteiger partial charge >= 0.3 is 0 Å². The highest BCUT2D eigenvalue weighted by molar-refractivity contribution is 7.13. The zero-order valence-corrected chi connectivity index (χ0v) is 13.7. The van der Waals surface area contributed by atoms with Gasteiger partial charge in [-0.05, 0) is 12.5 Å². The number of hydrogen-bond acceptors (Lipinski definition) is 5. The molecule has 1 atom stereocenters. The lowest BCUT2D eigenvalue weighted by atomic mass is 10.1. The van der Waals surface area contributed by atoms with E-state index >= 15 is 0 Å². The summed E-state index contributed by atoms with van der Waals surface area (Å²) in [6.07, 6.45) is 1.72. The molecule has 0 bridgehead atoms. The van der Waals surface area contributed by atoms with Crippen LogP contribution in [0, 0.1) is 0 Å². The van der Waals surface area contributed by atoms with E-state index in [4.69, 9.17) is 0 Å². The number of rotatable bonds is 5. The SMILES string of the molecule is C[C@H](c1ccccc1)N(C)C(=O)Cc1csc(-c2ncn[nH]2)n1. The standard InChI is InChI=1S/C16H17N5OS/c1-11(12-6-4-3-5-7-12)21(2)14(22)8-13-9-23-16(19-13)15-17-10-18-20-15/h3-7,9-11H,8H2,1-2H3,(H,17,18,20)/t11-/m1/s1. The molecule has 6 nitrogen and oxygen atoms in total. The van der Waals surface area contributed by atoms with Crippen LogP contribution in [0.3, 0.4) is 0 Å². The molecule has 118 valence electrons. The van der Waals surface area contributed by atoms with Crippen LogP contribution in [0.5, 0.6) is 0 Å². The van der Waals surface area contributed by atoms with Crippen molar-refractivity contribution in [1.82, 2.24) is 25.1 Å². The maximum Gasteiger partial charge on any atom is 0.228 e. The lowest BCUT2D eigenvalue weighted by molar-refractivity contribution is -0.131. The number of likely N-dealkylation sites (N-methyl/N-ethyl adjacent to an activating group) is 1. The number of aromatic amines is 1. The average molecular weight is 327 g/mol. The first kappa shape index (κ1) is 15.4. The Morgan fingerprint density at radius 1 is 1.35 bits per heavy atom. The van der Waals surface area contributed by atoms with Gasteiger partial charge in [-0.1, -0.05) is 30.3 Å². The average Bonchev–Trinajstić information content (AvgIpc) is 3.25. The summed E-state index contributed by atoms with van der Waals surface area (Å²) in [4.78, 5) is 22.7. The van der Waals surface area contributed by atoms with Crippen molar-refractivity contribution in [3.63, 3.8) is 0 Å². The summed E-state index contributed by atoms with van der Waals surface area (Å²) in [5.74, 6) is 0.662. The van der Waals surface area contributed by atoms with Crippen LogP contribution >= 0.6 is 11.3 Å². The van der Waals surface area contributed by atoms with E-state index in [0.717, 1.165) is 16.3 Å². The van der Waals surface area contributed by atoms with Crippen molar-refractivity contribution in [3.05, 3.63) is 53.3 Å². The number of H-pyrrole nitrogens is 1. The van der Waals surface area contributed by atoms with Gasteiger partial charge in [-0.15, -0.1) is 11.3 Å². The summed E-state index contributed by atoms with van der Waals surface area (Å²) in [6.45, 7) is 2.02. The van der Waals surface area contributed by atoms with Crippen molar-refractivity contribution in [2.75, 3.05) is 7.05 Å². The van der Waals surface area contributed by atoms with E-state index in [9.17, 15) is 4.79 Å². The molecule has 0 aliphatic rings. The Bertz CT molecular complexity index is 769. The summed E-state index contributed by atoms with van der Waals surface area (Å²) in [6, 6.07) is 10.0. The number of nitrogens with zero attached hydrogens (tertiary/aromatic N) is 4. The predicted molar refractivity (Wildman–Crippen MR) is 88.8 cm³/mol. The molecule has 0 aliphatic heterocycles. The Kier molecular flexibility index (Phi) is 4.47. The second-order valence-corrected chi connectivity index (χ2v) is 6.10. The number of nitrogens with one attached hydrogen (secondary N) is 1. The van der Waals surface area contributed by atoms with Crippen molar-refractivity contribution in [2.24, 2.45) is 0 Å². The Hall–Kier alpha value is -2.54. The Labute approximate surface area is 138 Å². The lowest BCUT2D eigenvalue weighted by Crippen LogP contribution is -2.31. The number of amides is 1. The van der Waals surface area contributed by atoms with Crippen molar-refractivity contribution in [2.45, 2.75) is 19.4 Å². The largest absolute Gasteiger partial charge is 0.339 e. The number of carbonyl (C=O) groups excluding carboxylic acids is 1. The molecule has 0 aliphatic carbocycles. The Morgan fingerprint density at radius 2 is 2.13 bits per heavy atom. The third-order valence-corrected chi connectivity index (χ3v) is 4.66. The normalized spacial score (nSPS) is 12.1. The quantitative estimate of drug-likeness (QED) is 0.782. The van der Waals surface area contributed by atoms with Crippen molar-refractivity contribution in [1.29, 1.82) is 0 Å². The Balaban J connectivity index is 1.67. The van der Waals surface area contributed by atoms with E-state index in [-0.39, 0.29) is 18.4 Å². The van der Waals surface area contributed by atoms with Crippen molar-refractivity contribution in [3.8, 4) is 10.8 Å². The molecular weight excluding hydrogens is 310 g/mol. The van der Waals surface area contributed by atoms with Crippen LogP contribution in [-0.2, 0) is 11.2 Å². The van der Waals surface area contributed by atoms with Gasteiger partial charge in [0.25, 0.3) is 0 Å². The number of thiazole rings is 1. The van der Waals surface area contributed by atoms with Gasteiger partial charge in [0.05, 0.1) is 18.2 Å². The van der Waals surface area contributed by atoms with Gasteiger partial charge in [-0.25, -0.2) is 9.97 Å². The molecule has 0 fully saturated rings. The molecule has 0 saturated carbocycles. The van der Waals surface area contributed by atoms with E-state index in [1.807, 2.05) is 49.7 Å². The molecule has 0 saturated heterocycles. The molecule has 2 aromatic heterocycles. The molecule has 1 amide bonds. The minimum atomic E-state index is 0.0241. The monoisotopic (exact) mass is 327 g/mol. The fraction of sp³-hybridized carbons (Fsp3) is 0.250. The van der Waals surface area contributed by atoms with Gasteiger partial charge in [-0.3, -0.25) is 9.89 Å². The summed E-state index contributed by atoms with van der Waals surface area (Å²) in [7, 11) is 1.82. The van der Waals surface area contributed by atoms with Crippen molar-refractivity contribution < 1.29 is 4.79 Å². The molecule has 0 radical (unpaired) electrons. The Morgan fingerprint density at radius 3 is 2.83 bits per heavy atom. The van der Waals surface area contributed by atoms with Crippen LogP contribution in [0.4, 0.5) is 0 Å². The van der Waals surface area contributed by atoms with Crippen LogP contribution in [-0.4, -0.2) is 38.0 Å². The summed E-state index contributed by atoms with van der Waals surface area (Å²) in [5, 5.41) is 9.21. The van der Waals surface area contributed by atoms with E-state index in [1.165, 1.54) is 17.7 Å². The first-order valence-electron chi connectivity index (χ1n) is 7.26. The molecule has 0 unspecified atom stereocenters. The van der Waals surface area contributed by atoms with Crippen LogP contribution < -0.4 is 0 Å². The van der Waals surface area contributed by atoms with E-state index < -0.39 is 0 Å². The number of hydrogen-bond donors (Lipinski definition) is 1. The molecule has 23 heavy (non-hydrogen) atoms.